The molecule has 0 aliphatic carbocycles. The van der Waals surface area contributed by atoms with Crippen molar-refractivity contribution >= 4 is 109 Å². The van der Waals surface area contributed by atoms with Gasteiger partial charge in [0.25, 0.3) is 0 Å². The van der Waals surface area contributed by atoms with Crippen LogP contribution in [0.3, 0.4) is 0 Å². The summed E-state index contributed by atoms with van der Waals surface area (Å²) in [6.45, 7) is 0. The van der Waals surface area contributed by atoms with Crippen LogP contribution >= 0.6 is 11.3 Å². The summed E-state index contributed by atoms with van der Waals surface area (Å²) in [4.78, 5) is 0. The predicted molar refractivity (Wildman–Crippen MR) is 210 cm³/mol. The third-order valence-electron chi connectivity index (χ3n) is 10.6. The molecule has 12 aromatic rings. The minimum atomic E-state index is 0.834. The van der Waals surface area contributed by atoms with E-state index in [2.05, 4.69) is 133 Å². The summed E-state index contributed by atoms with van der Waals surface area (Å²) in [5.41, 5.74) is 9.90. The van der Waals surface area contributed by atoms with Crippen molar-refractivity contribution in [2.45, 2.75) is 0 Å². The first-order chi connectivity index (χ1) is 24.8. The van der Waals surface area contributed by atoms with Gasteiger partial charge in [-0.3, -0.25) is 0 Å². The maximum Gasteiger partial charge on any atom is 0.147 e. The van der Waals surface area contributed by atoms with Gasteiger partial charge in [-0.15, -0.1) is 11.3 Å². The van der Waals surface area contributed by atoms with Gasteiger partial charge in [0.2, 0.25) is 0 Å². The molecule has 0 aliphatic rings. The van der Waals surface area contributed by atoms with E-state index in [4.69, 9.17) is 13.3 Å². The van der Waals surface area contributed by atoms with Crippen LogP contribution in [0.4, 0.5) is 0 Å². The van der Waals surface area contributed by atoms with E-state index >= 15 is 0 Å². The summed E-state index contributed by atoms with van der Waals surface area (Å²) < 4.78 is 21.0. The largest absolute Gasteiger partial charge is 0.456 e. The smallest absolute Gasteiger partial charge is 0.147 e. The molecule has 0 saturated heterocycles. The van der Waals surface area contributed by atoms with Crippen LogP contribution in [0.2, 0.25) is 0 Å². The zero-order valence-corrected chi connectivity index (χ0v) is 27.3. The Morgan fingerprint density at radius 2 is 0.900 bits per heavy atom. The lowest BCUT2D eigenvalue weighted by Crippen LogP contribution is -1.91. The van der Waals surface area contributed by atoms with Gasteiger partial charge in [0.1, 0.15) is 33.5 Å². The fourth-order valence-corrected chi connectivity index (χ4v) is 9.45. The van der Waals surface area contributed by atoms with Gasteiger partial charge in [0, 0.05) is 42.8 Å². The topological polar surface area (TPSA) is 39.4 Å². The van der Waals surface area contributed by atoms with Gasteiger partial charge in [-0.1, -0.05) is 97.1 Å². The highest BCUT2D eigenvalue weighted by Crippen LogP contribution is 2.50. The zero-order valence-electron chi connectivity index (χ0n) is 26.5. The van der Waals surface area contributed by atoms with Crippen molar-refractivity contribution < 1.29 is 13.3 Å². The second kappa shape index (κ2) is 9.63. The maximum atomic E-state index is 6.99. The predicted octanol–water partition coefficient (Wildman–Crippen LogP) is 14.2. The van der Waals surface area contributed by atoms with E-state index < -0.39 is 0 Å². The molecule has 0 radical (unpaired) electrons. The SMILES string of the molecule is c1ccc2c(c1)oc1ccc3c4cccc(-c5c6ccccc6c(-c6cccc7oc8ccc9ccsc9c8c67)c6ccccc56)c4oc3c12. The molecule has 50 heavy (non-hydrogen) atoms. The molecule has 0 bridgehead atoms. The van der Waals surface area contributed by atoms with E-state index in [0.29, 0.717) is 0 Å². The fraction of sp³-hybridized carbons (Fsp3) is 0. The Labute approximate surface area is 288 Å². The minimum absolute atomic E-state index is 0.834. The van der Waals surface area contributed by atoms with Crippen LogP contribution in [0.5, 0.6) is 0 Å². The number of fused-ring (bicyclic) bond motifs is 14. The van der Waals surface area contributed by atoms with Crippen LogP contribution in [-0.4, -0.2) is 0 Å². The Morgan fingerprint density at radius 1 is 0.340 bits per heavy atom. The molecule has 0 unspecified atom stereocenters. The fourth-order valence-electron chi connectivity index (χ4n) is 8.51. The van der Waals surface area contributed by atoms with E-state index in [-0.39, 0.29) is 0 Å². The summed E-state index contributed by atoms with van der Waals surface area (Å²) in [5, 5.41) is 14.8. The van der Waals surface area contributed by atoms with Crippen LogP contribution in [-0.2, 0) is 0 Å². The standard InChI is InChI=1S/C46H24O3S/c1-3-11-28-26(9-1)39(33-15-8-18-36-41(33)43-38(48-36)21-19-25-23-24-50-46(25)43)27-10-2-4-12-29(27)40(28)34-16-7-14-30-31-20-22-37-42(45(31)49-44(30)34)32-13-5-6-17-35(32)47-37/h1-24H. The van der Waals surface area contributed by atoms with Crippen molar-refractivity contribution in [2.24, 2.45) is 0 Å². The second-order valence-corrected chi connectivity index (χ2v) is 14.0. The molecule has 3 nitrogen and oxygen atoms in total. The van der Waals surface area contributed by atoms with E-state index in [1.807, 2.05) is 12.1 Å². The monoisotopic (exact) mass is 656 g/mol. The highest BCUT2D eigenvalue weighted by atomic mass is 32.1. The van der Waals surface area contributed by atoms with Gasteiger partial charge < -0.3 is 13.3 Å². The molecule has 4 aromatic heterocycles. The summed E-state index contributed by atoms with van der Waals surface area (Å²) in [6, 6.07) is 49.5. The summed E-state index contributed by atoms with van der Waals surface area (Å²) in [6.07, 6.45) is 0. The Morgan fingerprint density at radius 3 is 1.70 bits per heavy atom. The van der Waals surface area contributed by atoms with E-state index in [0.717, 1.165) is 66.0 Å². The Kier molecular flexibility index (Phi) is 5.12. The van der Waals surface area contributed by atoms with Crippen molar-refractivity contribution in [3.05, 3.63) is 145 Å². The molecular formula is C46H24O3S. The Hall–Kier alpha value is -6.36. The van der Waals surface area contributed by atoms with Crippen LogP contribution in [0.1, 0.15) is 0 Å². The first kappa shape index (κ1) is 26.6. The van der Waals surface area contributed by atoms with Gasteiger partial charge in [-0.2, -0.15) is 0 Å². The molecule has 0 atom stereocenters. The van der Waals surface area contributed by atoms with Crippen LogP contribution < -0.4 is 0 Å². The van der Waals surface area contributed by atoms with Crippen molar-refractivity contribution in [2.75, 3.05) is 0 Å². The first-order valence-corrected chi connectivity index (χ1v) is 17.7. The number of thiophene rings is 1. The van der Waals surface area contributed by atoms with Crippen molar-refractivity contribution in [1.29, 1.82) is 0 Å². The third kappa shape index (κ3) is 3.38. The summed E-state index contributed by atoms with van der Waals surface area (Å²) in [7, 11) is 0. The van der Waals surface area contributed by atoms with Gasteiger partial charge in [0.05, 0.1) is 5.39 Å². The lowest BCUT2D eigenvalue weighted by atomic mass is 9.84. The zero-order chi connectivity index (χ0) is 32.5. The van der Waals surface area contributed by atoms with Crippen LogP contribution in [0, 0.1) is 0 Å². The summed E-state index contributed by atoms with van der Waals surface area (Å²) in [5.74, 6) is 0. The highest BCUT2D eigenvalue weighted by Gasteiger charge is 2.24. The number of para-hydroxylation sites is 2. The van der Waals surface area contributed by atoms with Gasteiger partial charge in [-0.05, 0) is 85.9 Å². The number of rotatable bonds is 2. The molecule has 0 saturated carbocycles. The molecule has 0 spiro atoms. The molecule has 12 rings (SSSR count). The number of furan rings is 3. The molecular weight excluding hydrogens is 633 g/mol. The van der Waals surface area contributed by atoms with Gasteiger partial charge >= 0.3 is 0 Å². The molecule has 0 amide bonds. The Balaban J connectivity index is 1.22. The molecule has 4 heterocycles. The maximum absolute atomic E-state index is 6.99. The quantitative estimate of drug-likeness (QED) is 0.174. The average Bonchev–Trinajstić information content (AvgIpc) is 3.95. The lowest BCUT2D eigenvalue weighted by molar-refractivity contribution is 0.663. The molecule has 8 aromatic carbocycles. The van der Waals surface area contributed by atoms with Crippen molar-refractivity contribution in [3.63, 3.8) is 0 Å². The number of hydrogen-bond donors (Lipinski definition) is 0. The van der Waals surface area contributed by atoms with Crippen molar-refractivity contribution in [1.82, 2.24) is 0 Å². The van der Waals surface area contributed by atoms with E-state index in [1.54, 1.807) is 11.3 Å². The highest BCUT2D eigenvalue weighted by molar-refractivity contribution is 7.18. The first-order valence-electron chi connectivity index (χ1n) is 16.8. The Bertz CT molecular complexity index is 3330. The average molecular weight is 657 g/mol. The van der Waals surface area contributed by atoms with Gasteiger partial charge in [-0.25, -0.2) is 0 Å². The van der Waals surface area contributed by atoms with Gasteiger partial charge in [0.15, 0.2) is 0 Å². The molecule has 0 N–H and O–H groups in total. The minimum Gasteiger partial charge on any atom is -0.456 e. The van der Waals surface area contributed by atoms with Crippen molar-refractivity contribution in [3.8, 4) is 22.3 Å². The van der Waals surface area contributed by atoms with E-state index in [1.165, 1.54) is 53.7 Å². The normalized spacial score (nSPS) is 12.4. The molecule has 4 heteroatoms. The van der Waals surface area contributed by atoms with Crippen LogP contribution in [0.15, 0.2) is 158 Å². The molecule has 0 aliphatic heterocycles. The molecule has 232 valence electrons. The number of benzene rings is 8. The lowest BCUT2D eigenvalue weighted by Gasteiger charge is -2.18. The molecule has 0 fully saturated rings. The number of hydrogen-bond acceptors (Lipinski definition) is 4. The second-order valence-electron chi connectivity index (χ2n) is 13.1. The van der Waals surface area contributed by atoms with E-state index in [9.17, 15) is 0 Å². The van der Waals surface area contributed by atoms with Crippen LogP contribution in [0.25, 0.3) is 120 Å². The third-order valence-corrected chi connectivity index (χ3v) is 11.5. The summed E-state index contributed by atoms with van der Waals surface area (Å²) >= 11 is 1.78.